The minimum Gasteiger partial charge on any atom is -0.451 e. The Morgan fingerprint density at radius 3 is 2.81 bits per heavy atom. The van der Waals surface area contributed by atoms with Crippen LogP contribution in [0.5, 0.6) is 0 Å². The number of pyridine rings is 1. The fourth-order valence-corrected chi connectivity index (χ4v) is 4.25. The topological polar surface area (TPSA) is 167 Å². The lowest BCUT2D eigenvalue weighted by molar-refractivity contribution is -0.0226. The van der Waals surface area contributed by atoms with Gasteiger partial charge in [-0.15, -0.1) is 0 Å². The summed E-state index contributed by atoms with van der Waals surface area (Å²) in [5, 5.41) is 11.6. The lowest BCUT2D eigenvalue weighted by atomic mass is 9.89. The molecule has 0 saturated heterocycles. The van der Waals surface area contributed by atoms with Gasteiger partial charge in [0.2, 0.25) is 0 Å². The van der Waals surface area contributed by atoms with Crippen molar-refractivity contribution in [1.82, 2.24) is 24.5 Å². The van der Waals surface area contributed by atoms with Crippen LogP contribution in [0.2, 0.25) is 0 Å². The summed E-state index contributed by atoms with van der Waals surface area (Å²) in [5.41, 5.74) is 2.18. The van der Waals surface area contributed by atoms with Gasteiger partial charge in [0.05, 0.1) is 35.3 Å². The maximum atomic E-state index is 13.1. The summed E-state index contributed by atoms with van der Waals surface area (Å²) in [5.74, 6) is -0.0559. The molecule has 4 heterocycles. The van der Waals surface area contributed by atoms with Gasteiger partial charge in [0.15, 0.2) is 12.5 Å². The number of nitrogens with one attached hydrogen (secondary N) is 1. The molecule has 1 aliphatic rings. The number of amides is 1. The molecule has 0 aromatic carbocycles. The Kier molecular flexibility index (Phi) is 7.04. The van der Waals surface area contributed by atoms with E-state index in [1.807, 2.05) is 29.8 Å². The number of aromatic nitrogens is 5. The van der Waals surface area contributed by atoms with Gasteiger partial charge in [0.25, 0.3) is 5.91 Å². The summed E-state index contributed by atoms with van der Waals surface area (Å²) in [6, 6.07) is 8.78. The predicted octanol–water partition coefficient (Wildman–Crippen LogP) is 3.46. The van der Waals surface area contributed by atoms with Crippen molar-refractivity contribution in [3.63, 3.8) is 0 Å². The van der Waals surface area contributed by atoms with Crippen LogP contribution < -0.4 is 5.32 Å². The van der Waals surface area contributed by atoms with E-state index in [9.17, 15) is 9.36 Å². The molecule has 0 aliphatic heterocycles. The van der Waals surface area contributed by atoms with Gasteiger partial charge in [0.1, 0.15) is 11.5 Å². The SMILES string of the molecule is CCO[C@H]1C[C@@H](n2cc(NC(=O)c3ccc(-c4cnn(COP(=O)(O)O)c4)o3)c(-c3ccccn3)n2)C1. The third-order valence-electron chi connectivity index (χ3n) is 5.84. The van der Waals surface area contributed by atoms with Gasteiger partial charge in [-0.25, -0.2) is 9.25 Å². The number of rotatable bonds is 10. The molecule has 4 aromatic heterocycles. The number of ether oxygens (including phenoxy) is 1. The van der Waals surface area contributed by atoms with Gasteiger partial charge in [0, 0.05) is 25.2 Å². The summed E-state index contributed by atoms with van der Waals surface area (Å²) < 4.78 is 29.7. The zero-order valence-electron chi connectivity index (χ0n) is 19.8. The van der Waals surface area contributed by atoms with Crippen LogP contribution >= 0.6 is 7.82 Å². The van der Waals surface area contributed by atoms with Gasteiger partial charge in [-0.05, 0) is 44.0 Å². The first-order valence-corrected chi connectivity index (χ1v) is 13.1. The second-order valence-corrected chi connectivity index (χ2v) is 9.66. The standard InChI is InChI=1S/C23H25N6O7P/c1-2-34-17-9-16(10-17)29-13-19(22(27-29)18-5-3-4-8-24-18)26-23(30)21-7-6-20(36-21)15-11-25-28(12-15)14-35-37(31,32)33/h3-8,11-13,16-17H,2,9-10,14H2,1H3,(H,26,30)(H2,31,32,33)/t16-,17+. The molecule has 37 heavy (non-hydrogen) atoms. The number of phosphoric acid groups is 1. The van der Waals surface area contributed by atoms with Gasteiger partial charge in [-0.3, -0.25) is 19.0 Å². The number of hydrogen-bond donors (Lipinski definition) is 3. The van der Waals surface area contributed by atoms with E-state index >= 15 is 0 Å². The van der Waals surface area contributed by atoms with Crippen molar-refractivity contribution in [3.05, 3.63) is 60.9 Å². The van der Waals surface area contributed by atoms with Crippen LogP contribution in [0.25, 0.3) is 22.7 Å². The number of nitrogens with zero attached hydrogens (tertiary/aromatic N) is 5. The van der Waals surface area contributed by atoms with E-state index in [4.69, 9.17) is 24.0 Å². The molecular weight excluding hydrogens is 503 g/mol. The molecule has 1 saturated carbocycles. The highest BCUT2D eigenvalue weighted by atomic mass is 31.2. The normalized spacial score (nSPS) is 17.5. The molecule has 13 nitrogen and oxygen atoms in total. The molecule has 0 atom stereocenters. The molecule has 5 rings (SSSR count). The van der Waals surface area contributed by atoms with E-state index in [2.05, 4.69) is 19.9 Å². The Morgan fingerprint density at radius 2 is 2.08 bits per heavy atom. The lowest BCUT2D eigenvalue weighted by Crippen LogP contribution is -2.33. The van der Waals surface area contributed by atoms with Crippen LogP contribution in [0.15, 0.2) is 59.5 Å². The molecule has 0 radical (unpaired) electrons. The third kappa shape index (κ3) is 5.87. The van der Waals surface area contributed by atoms with Gasteiger partial charge in [-0.1, -0.05) is 6.07 Å². The molecule has 1 fully saturated rings. The van der Waals surface area contributed by atoms with Gasteiger partial charge < -0.3 is 24.3 Å². The molecule has 14 heteroatoms. The lowest BCUT2D eigenvalue weighted by Gasteiger charge is -2.34. The first-order valence-electron chi connectivity index (χ1n) is 11.6. The second-order valence-electron chi connectivity index (χ2n) is 8.42. The predicted molar refractivity (Wildman–Crippen MR) is 130 cm³/mol. The summed E-state index contributed by atoms with van der Waals surface area (Å²) >= 11 is 0. The third-order valence-corrected chi connectivity index (χ3v) is 6.29. The number of carbonyl (C=O) groups excluding carboxylic acids is 1. The molecule has 1 amide bonds. The zero-order chi connectivity index (χ0) is 26.0. The molecule has 3 N–H and O–H groups in total. The van der Waals surface area contributed by atoms with Crippen LogP contribution in [0.1, 0.15) is 36.4 Å². The number of hydrogen-bond acceptors (Lipinski definition) is 8. The smallest absolute Gasteiger partial charge is 0.451 e. The molecule has 4 aromatic rings. The second kappa shape index (κ2) is 10.4. The molecule has 1 aliphatic carbocycles. The molecule has 194 valence electrons. The van der Waals surface area contributed by atoms with E-state index in [1.165, 1.54) is 23.1 Å². The minimum absolute atomic E-state index is 0.0639. The Morgan fingerprint density at radius 1 is 1.24 bits per heavy atom. The summed E-state index contributed by atoms with van der Waals surface area (Å²) in [6.07, 6.45) is 8.28. The van der Waals surface area contributed by atoms with E-state index in [0.717, 1.165) is 12.8 Å². The number of carbonyl (C=O) groups is 1. The fraction of sp³-hybridized carbons (Fsp3) is 0.304. The Labute approximate surface area is 211 Å². The maximum absolute atomic E-state index is 13.1. The van der Waals surface area contributed by atoms with Crippen LogP contribution in [-0.2, 0) is 20.6 Å². The van der Waals surface area contributed by atoms with E-state index in [0.29, 0.717) is 35.0 Å². The molecular formula is C23H25N6O7P. The fourth-order valence-electron chi connectivity index (χ4n) is 3.98. The maximum Gasteiger partial charge on any atom is 0.471 e. The quantitative estimate of drug-likeness (QED) is 0.259. The summed E-state index contributed by atoms with van der Waals surface area (Å²) in [4.78, 5) is 35.1. The molecule has 0 unspecified atom stereocenters. The average Bonchev–Trinajstić information content (AvgIpc) is 3.59. The minimum atomic E-state index is -4.63. The van der Waals surface area contributed by atoms with Crippen molar-refractivity contribution >= 4 is 19.4 Å². The Hall–Kier alpha value is -3.61. The highest BCUT2D eigenvalue weighted by Gasteiger charge is 2.32. The van der Waals surface area contributed by atoms with Crippen LogP contribution in [0.4, 0.5) is 5.69 Å². The van der Waals surface area contributed by atoms with E-state index in [-0.39, 0.29) is 17.9 Å². The zero-order valence-corrected chi connectivity index (χ0v) is 20.7. The molecule has 0 bridgehead atoms. The van der Waals surface area contributed by atoms with E-state index < -0.39 is 20.5 Å². The van der Waals surface area contributed by atoms with E-state index in [1.54, 1.807) is 18.5 Å². The van der Waals surface area contributed by atoms with Crippen molar-refractivity contribution < 1.29 is 32.8 Å². The highest BCUT2D eigenvalue weighted by Crippen LogP contribution is 2.37. The molecule has 0 spiro atoms. The van der Waals surface area contributed by atoms with Crippen molar-refractivity contribution in [2.75, 3.05) is 11.9 Å². The summed E-state index contributed by atoms with van der Waals surface area (Å²) in [6.45, 7) is 2.20. The van der Waals surface area contributed by atoms with Crippen LogP contribution in [0.3, 0.4) is 0 Å². The number of phosphoric ester groups is 1. The Balaban J connectivity index is 1.32. The Bertz CT molecular complexity index is 1420. The van der Waals surface area contributed by atoms with Crippen LogP contribution in [-0.4, -0.2) is 52.9 Å². The van der Waals surface area contributed by atoms with Crippen LogP contribution in [0, 0.1) is 0 Å². The number of furan rings is 1. The monoisotopic (exact) mass is 528 g/mol. The highest BCUT2D eigenvalue weighted by molar-refractivity contribution is 7.46. The van der Waals surface area contributed by atoms with Gasteiger partial charge >= 0.3 is 7.82 Å². The van der Waals surface area contributed by atoms with Gasteiger partial charge in [-0.2, -0.15) is 10.2 Å². The number of anilines is 1. The first-order chi connectivity index (χ1) is 17.8. The average molecular weight is 528 g/mol. The summed E-state index contributed by atoms with van der Waals surface area (Å²) in [7, 11) is -4.63. The van der Waals surface area contributed by atoms with Crippen molar-refractivity contribution in [1.29, 1.82) is 0 Å². The first kappa shape index (κ1) is 25.1. The van der Waals surface area contributed by atoms with Crippen molar-refractivity contribution in [2.24, 2.45) is 0 Å². The largest absolute Gasteiger partial charge is 0.471 e. The van der Waals surface area contributed by atoms with Crippen molar-refractivity contribution in [2.45, 2.75) is 38.6 Å². The van der Waals surface area contributed by atoms with Crippen molar-refractivity contribution in [3.8, 4) is 22.7 Å².